The van der Waals surface area contributed by atoms with Crippen molar-refractivity contribution in [3.05, 3.63) is 0 Å². The van der Waals surface area contributed by atoms with E-state index in [0.717, 1.165) is 0 Å². The molecule has 0 aromatic heterocycles. The van der Waals surface area contributed by atoms with Crippen LogP contribution in [-0.2, 0) is 24.0 Å². The molecule has 0 aliphatic heterocycles. The van der Waals surface area contributed by atoms with Crippen LogP contribution in [0.5, 0.6) is 0 Å². The third-order valence-electron chi connectivity index (χ3n) is 5.24. The normalized spacial score (nSPS) is 14.8. The number of unbranched alkanes of at least 4 members (excludes halogenated alkanes) is 1. The van der Waals surface area contributed by atoms with E-state index >= 15 is 0 Å². The molecule has 0 saturated carbocycles. The fraction of sp³-hybridized carbons (Fsp3) is 0.714. The van der Waals surface area contributed by atoms with Gasteiger partial charge in [-0.1, -0.05) is 0 Å². The second-order valence-electron chi connectivity index (χ2n) is 8.45. The number of guanidine groups is 1. The number of rotatable bonds is 19. The van der Waals surface area contributed by atoms with Gasteiger partial charge in [-0.15, -0.1) is 0 Å². The van der Waals surface area contributed by atoms with Crippen molar-refractivity contribution in [1.29, 1.82) is 0 Å². The zero-order chi connectivity index (χ0) is 28.5. The van der Waals surface area contributed by atoms with Crippen molar-refractivity contribution in [1.82, 2.24) is 16.0 Å². The van der Waals surface area contributed by atoms with E-state index in [-0.39, 0.29) is 38.2 Å². The molecule has 3 amide bonds. The maximum Gasteiger partial charge on any atom is 0.326 e. The standard InChI is InChI=1S/C21H40N8O8/c1-11(30)16(23)19(35)28-12(5-2-3-9-22)17(33)27-13(6-4-10-26-21(24)25)18(34)29-14(20(36)37)7-8-15(31)32/h11-14,16,30H,2-10,22-23H2,1H3,(H,27,33)(H,28,35)(H,29,34)(H,31,32)(H,36,37)(H4,24,25,26). The van der Waals surface area contributed by atoms with Crippen molar-refractivity contribution < 1.29 is 39.3 Å². The molecular formula is C21H40N8O8. The highest BCUT2D eigenvalue weighted by Gasteiger charge is 2.30. The summed E-state index contributed by atoms with van der Waals surface area (Å²) in [7, 11) is 0. The lowest BCUT2D eigenvalue weighted by molar-refractivity contribution is -0.143. The summed E-state index contributed by atoms with van der Waals surface area (Å²) in [5, 5.41) is 34.9. The number of carboxylic acid groups (broad SMARTS) is 2. The smallest absolute Gasteiger partial charge is 0.326 e. The Morgan fingerprint density at radius 2 is 1.32 bits per heavy atom. The lowest BCUT2D eigenvalue weighted by atomic mass is 10.0. The quantitative estimate of drug-likeness (QED) is 0.0436. The number of carbonyl (C=O) groups excluding carboxylic acids is 3. The molecule has 0 spiro atoms. The van der Waals surface area contributed by atoms with Crippen molar-refractivity contribution in [2.45, 2.75) is 82.1 Å². The van der Waals surface area contributed by atoms with E-state index in [1.165, 1.54) is 6.92 Å². The molecule has 0 aromatic rings. The Hall–Kier alpha value is -3.50. The largest absolute Gasteiger partial charge is 0.481 e. The minimum atomic E-state index is -1.51. The molecule has 0 rings (SSSR count). The topological polar surface area (TPSA) is 299 Å². The Morgan fingerprint density at radius 1 is 0.811 bits per heavy atom. The van der Waals surface area contributed by atoms with Gasteiger partial charge in [0, 0.05) is 13.0 Å². The van der Waals surface area contributed by atoms with Gasteiger partial charge < -0.3 is 54.2 Å². The van der Waals surface area contributed by atoms with E-state index in [9.17, 15) is 34.2 Å². The SMILES string of the molecule is CC(O)C(N)C(=O)NC(CCCCN)C(=O)NC(CCCN=C(N)N)C(=O)NC(CCC(=O)O)C(=O)O. The highest BCUT2D eigenvalue weighted by atomic mass is 16.4. The van der Waals surface area contributed by atoms with Crippen LogP contribution in [-0.4, -0.2) is 94.3 Å². The van der Waals surface area contributed by atoms with Crippen LogP contribution in [0.2, 0.25) is 0 Å². The molecule has 16 heteroatoms. The maximum absolute atomic E-state index is 13.1. The first-order valence-corrected chi connectivity index (χ1v) is 11.8. The van der Waals surface area contributed by atoms with Crippen molar-refractivity contribution in [2.24, 2.45) is 27.9 Å². The molecule has 5 unspecified atom stereocenters. The van der Waals surface area contributed by atoms with Crippen LogP contribution in [0.15, 0.2) is 4.99 Å². The minimum absolute atomic E-state index is 0.00369. The summed E-state index contributed by atoms with van der Waals surface area (Å²) in [5.41, 5.74) is 21.7. The summed E-state index contributed by atoms with van der Waals surface area (Å²) in [6.07, 6.45) is -0.681. The maximum atomic E-state index is 13.1. The van der Waals surface area contributed by atoms with Gasteiger partial charge in [-0.05, 0) is 52.0 Å². The molecule has 0 aliphatic carbocycles. The molecule has 0 aliphatic rings. The van der Waals surface area contributed by atoms with E-state index in [2.05, 4.69) is 20.9 Å². The number of nitrogens with one attached hydrogen (secondary N) is 3. The summed E-state index contributed by atoms with van der Waals surface area (Å²) >= 11 is 0. The molecule has 0 fully saturated rings. The number of nitrogens with zero attached hydrogens (tertiary/aromatic N) is 1. The second-order valence-corrected chi connectivity index (χ2v) is 8.45. The molecule has 37 heavy (non-hydrogen) atoms. The Bertz CT molecular complexity index is 803. The highest BCUT2D eigenvalue weighted by Crippen LogP contribution is 2.07. The number of aliphatic carboxylic acids is 2. The van der Waals surface area contributed by atoms with Crippen LogP contribution in [0.3, 0.4) is 0 Å². The summed E-state index contributed by atoms with van der Waals surface area (Å²) in [4.78, 5) is 64.4. The number of aliphatic imine (C=N–C) groups is 1. The number of nitrogens with two attached hydrogens (primary N) is 4. The van der Waals surface area contributed by atoms with E-state index in [4.69, 9.17) is 28.0 Å². The number of carbonyl (C=O) groups is 5. The van der Waals surface area contributed by atoms with E-state index in [1.54, 1.807) is 0 Å². The van der Waals surface area contributed by atoms with Gasteiger partial charge in [-0.3, -0.25) is 24.2 Å². The molecule has 16 nitrogen and oxygen atoms in total. The number of hydrogen-bond donors (Lipinski definition) is 10. The molecule has 14 N–H and O–H groups in total. The predicted molar refractivity (Wildman–Crippen MR) is 133 cm³/mol. The predicted octanol–water partition coefficient (Wildman–Crippen LogP) is -3.72. The van der Waals surface area contributed by atoms with Crippen LogP contribution in [0.1, 0.15) is 51.9 Å². The third kappa shape index (κ3) is 14.6. The zero-order valence-corrected chi connectivity index (χ0v) is 20.9. The third-order valence-corrected chi connectivity index (χ3v) is 5.24. The van der Waals surface area contributed by atoms with Gasteiger partial charge in [0.1, 0.15) is 24.2 Å². The summed E-state index contributed by atoms with van der Waals surface area (Å²) in [6.45, 7) is 1.77. The Balaban J connectivity index is 5.67. The first kappa shape index (κ1) is 33.5. The molecule has 0 bridgehead atoms. The minimum Gasteiger partial charge on any atom is -0.481 e. The fourth-order valence-corrected chi connectivity index (χ4v) is 3.09. The Labute approximate surface area is 214 Å². The van der Waals surface area contributed by atoms with Crippen LogP contribution in [0.25, 0.3) is 0 Å². The fourth-order valence-electron chi connectivity index (χ4n) is 3.09. The molecule has 212 valence electrons. The Kier molecular flexibility index (Phi) is 16.2. The number of aliphatic hydroxyl groups excluding tert-OH is 1. The van der Waals surface area contributed by atoms with Crippen LogP contribution in [0, 0.1) is 0 Å². The van der Waals surface area contributed by atoms with Crippen molar-refractivity contribution in [2.75, 3.05) is 13.1 Å². The second kappa shape index (κ2) is 17.9. The van der Waals surface area contributed by atoms with Gasteiger partial charge in [0.25, 0.3) is 0 Å². The van der Waals surface area contributed by atoms with E-state index in [0.29, 0.717) is 19.4 Å². The lowest BCUT2D eigenvalue weighted by Gasteiger charge is -2.25. The summed E-state index contributed by atoms with van der Waals surface area (Å²) < 4.78 is 0. The van der Waals surface area contributed by atoms with Gasteiger partial charge in [0.15, 0.2) is 5.96 Å². The highest BCUT2D eigenvalue weighted by molar-refractivity contribution is 5.94. The number of carboxylic acids is 2. The number of aliphatic hydroxyl groups is 1. The van der Waals surface area contributed by atoms with E-state index in [1.807, 2.05) is 0 Å². The molecule has 0 aromatic carbocycles. The molecule has 5 atom stereocenters. The first-order valence-electron chi connectivity index (χ1n) is 11.8. The number of hydrogen-bond acceptors (Lipinski definition) is 9. The average molecular weight is 533 g/mol. The van der Waals surface area contributed by atoms with Crippen LogP contribution >= 0.6 is 0 Å². The summed E-state index contributed by atoms with van der Waals surface area (Å²) in [6, 6.07) is -5.19. The van der Waals surface area contributed by atoms with Gasteiger partial charge in [0.2, 0.25) is 17.7 Å². The molecule has 0 radical (unpaired) electrons. The molecule has 0 heterocycles. The van der Waals surface area contributed by atoms with Crippen molar-refractivity contribution >= 4 is 35.6 Å². The average Bonchev–Trinajstić information content (AvgIpc) is 2.81. The number of amides is 3. The van der Waals surface area contributed by atoms with Gasteiger partial charge in [-0.2, -0.15) is 0 Å². The lowest BCUT2D eigenvalue weighted by Crippen LogP contribution is -2.58. The van der Waals surface area contributed by atoms with Crippen LogP contribution < -0.4 is 38.9 Å². The van der Waals surface area contributed by atoms with Gasteiger partial charge >= 0.3 is 11.9 Å². The van der Waals surface area contributed by atoms with Gasteiger partial charge in [0.05, 0.1) is 6.10 Å². The first-order chi connectivity index (χ1) is 17.3. The van der Waals surface area contributed by atoms with Crippen molar-refractivity contribution in [3.8, 4) is 0 Å². The summed E-state index contributed by atoms with van der Waals surface area (Å²) in [5.74, 6) is -5.27. The van der Waals surface area contributed by atoms with Crippen LogP contribution in [0.4, 0.5) is 0 Å². The van der Waals surface area contributed by atoms with Crippen molar-refractivity contribution in [3.63, 3.8) is 0 Å². The monoisotopic (exact) mass is 532 g/mol. The van der Waals surface area contributed by atoms with Gasteiger partial charge in [-0.25, -0.2) is 4.79 Å². The van der Waals surface area contributed by atoms with E-state index < -0.39 is 66.4 Å². The molecular weight excluding hydrogens is 492 g/mol. The molecule has 0 saturated heterocycles. The zero-order valence-electron chi connectivity index (χ0n) is 20.9. The Morgan fingerprint density at radius 3 is 1.78 bits per heavy atom.